The SMILES string of the molecule is Cc1cc(Cl)ccc1N/C=C(/C#N)C(=O)N1CCC(C(=O)O)CC1. The van der Waals surface area contributed by atoms with Gasteiger partial charge in [-0.2, -0.15) is 5.26 Å². The van der Waals surface area contributed by atoms with E-state index < -0.39 is 11.9 Å². The Hall–Kier alpha value is -2.52. The van der Waals surface area contributed by atoms with Crippen LogP contribution in [0.3, 0.4) is 0 Å². The molecule has 0 aliphatic carbocycles. The standard InChI is InChI=1S/C17H18ClN3O3/c1-11-8-14(18)2-3-15(11)20-10-13(9-19)16(22)21-6-4-12(5-7-21)17(23)24/h2-3,8,10,12,20H,4-7H2,1H3,(H,23,24)/b13-10-. The average molecular weight is 348 g/mol. The third kappa shape index (κ3) is 4.27. The molecule has 2 rings (SSSR count). The summed E-state index contributed by atoms with van der Waals surface area (Å²) < 4.78 is 0. The molecule has 1 aromatic carbocycles. The van der Waals surface area contributed by atoms with E-state index in [1.54, 1.807) is 18.2 Å². The zero-order valence-electron chi connectivity index (χ0n) is 13.3. The highest BCUT2D eigenvalue weighted by Crippen LogP contribution is 2.21. The number of likely N-dealkylation sites (tertiary alicyclic amines) is 1. The number of nitriles is 1. The molecule has 0 bridgehead atoms. The molecule has 1 saturated heterocycles. The second kappa shape index (κ2) is 7.84. The number of halogens is 1. The fourth-order valence-corrected chi connectivity index (χ4v) is 2.81. The van der Waals surface area contributed by atoms with Crippen molar-refractivity contribution in [3.63, 3.8) is 0 Å². The fraction of sp³-hybridized carbons (Fsp3) is 0.353. The molecule has 0 radical (unpaired) electrons. The van der Waals surface area contributed by atoms with Crippen molar-refractivity contribution in [3.8, 4) is 6.07 Å². The molecular formula is C17H18ClN3O3. The number of carbonyl (C=O) groups excluding carboxylic acids is 1. The first-order valence-corrected chi connectivity index (χ1v) is 7.95. The molecule has 1 aliphatic rings. The molecule has 126 valence electrons. The van der Waals surface area contributed by atoms with Gasteiger partial charge in [0.15, 0.2) is 0 Å². The first-order chi connectivity index (χ1) is 11.4. The minimum absolute atomic E-state index is 0.0156. The number of benzene rings is 1. The Kier molecular flexibility index (Phi) is 5.83. The molecule has 1 heterocycles. The smallest absolute Gasteiger partial charge is 0.306 e. The minimum Gasteiger partial charge on any atom is -0.481 e. The van der Waals surface area contributed by atoms with Crippen LogP contribution < -0.4 is 5.32 Å². The number of rotatable bonds is 4. The molecule has 0 atom stereocenters. The Bertz CT molecular complexity index is 716. The molecule has 1 fully saturated rings. The van der Waals surface area contributed by atoms with Gasteiger partial charge in [0.05, 0.1) is 5.92 Å². The van der Waals surface area contributed by atoms with E-state index in [1.807, 2.05) is 13.0 Å². The molecule has 7 heteroatoms. The summed E-state index contributed by atoms with van der Waals surface area (Å²) >= 11 is 5.89. The van der Waals surface area contributed by atoms with Gasteiger partial charge in [0.1, 0.15) is 11.6 Å². The molecule has 6 nitrogen and oxygen atoms in total. The fourth-order valence-electron chi connectivity index (χ4n) is 2.58. The summed E-state index contributed by atoms with van der Waals surface area (Å²) in [5.41, 5.74) is 1.63. The van der Waals surface area contributed by atoms with Crippen molar-refractivity contribution in [1.82, 2.24) is 4.90 Å². The first-order valence-electron chi connectivity index (χ1n) is 7.57. The van der Waals surface area contributed by atoms with E-state index in [4.69, 9.17) is 16.7 Å². The Balaban J connectivity index is 2.04. The molecular weight excluding hydrogens is 330 g/mol. The summed E-state index contributed by atoms with van der Waals surface area (Å²) in [7, 11) is 0. The first kappa shape index (κ1) is 17.8. The quantitative estimate of drug-likeness (QED) is 0.645. The number of hydrogen-bond acceptors (Lipinski definition) is 4. The van der Waals surface area contributed by atoms with Crippen LogP contribution >= 0.6 is 11.6 Å². The number of nitrogens with zero attached hydrogens (tertiary/aromatic N) is 2. The highest BCUT2D eigenvalue weighted by atomic mass is 35.5. The molecule has 1 aliphatic heterocycles. The molecule has 0 aromatic heterocycles. The van der Waals surface area contributed by atoms with E-state index in [2.05, 4.69) is 5.32 Å². The van der Waals surface area contributed by atoms with Gasteiger partial charge in [-0.05, 0) is 43.5 Å². The van der Waals surface area contributed by atoms with Gasteiger partial charge in [-0.1, -0.05) is 11.6 Å². The van der Waals surface area contributed by atoms with E-state index in [0.29, 0.717) is 31.0 Å². The normalized spacial score (nSPS) is 15.7. The van der Waals surface area contributed by atoms with Crippen molar-refractivity contribution in [2.45, 2.75) is 19.8 Å². The topological polar surface area (TPSA) is 93.4 Å². The van der Waals surface area contributed by atoms with Gasteiger partial charge >= 0.3 is 5.97 Å². The minimum atomic E-state index is -0.835. The summed E-state index contributed by atoms with van der Waals surface area (Å²) in [6, 6.07) is 7.17. The molecule has 0 unspecified atom stereocenters. The van der Waals surface area contributed by atoms with Gasteiger partial charge < -0.3 is 15.3 Å². The second-order valence-corrected chi connectivity index (χ2v) is 6.11. The Morgan fingerprint density at radius 1 is 1.42 bits per heavy atom. The van der Waals surface area contributed by atoms with Crippen LogP contribution in [0.2, 0.25) is 5.02 Å². The van der Waals surface area contributed by atoms with Crippen molar-refractivity contribution in [2.75, 3.05) is 18.4 Å². The van der Waals surface area contributed by atoms with Crippen LogP contribution in [-0.2, 0) is 9.59 Å². The predicted octanol–water partition coefficient (Wildman–Crippen LogP) is 2.79. The molecule has 1 amide bonds. The molecule has 2 N–H and O–H groups in total. The van der Waals surface area contributed by atoms with Crippen molar-refractivity contribution >= 4 is 29.2 Å². The summed E-state index contributed by atoms with van der Waals surface area (Å²) in [6.07, 6.45) is 2.19. The summed E-state index contributed by atoms with van der Waals surface area (Å²) in [4.78, 5) is 24.9. The number of anilines is 1. The van der Waals surface area contributed by atoms with Crippen molar-refractivity contribution in [2.24, 2.45) is 5.92 Å². The Morgan fingerprint density at radius 3 is 2.62 bits per heavy atom. The lowest BCUT2D eigenvalue weighted by Crippen LogP contribution is -2.40. The van der Waals surface area contributed by atoms with Gasteiger partial charge in [-0.15, -0.1) is 0 Å². The maximum atomic E-state index is 12.4. The van der Waals surface area contributed by atoms with E-state index in [0.717, 1.165) is 11.3 Å². The lowest BCUT2D eigenvalue weighted by molar-refractivity contribution is -0.145. The predicted molar refractivity (Wildman–Crippen MR) is 90.4 cm³/mol. The largest absolute Gasteiger partial charge is 0.481 e. The number of carbonyl (C=O) groups is 2. The van der Waals surface area contributed by atoms with Crippen LogP contribution in [0.4, 0.5) is 5.69 Å². The maximum Gasteiger partial charge on any atom is 0.306 e. The molecule has 24 heavy (non-hydrogen) atoms. The summed E-state index contributed by atoms with van der Waals surface area (Å²) in [6.45, 7) is 2.55. The van der Waals surface area contributed by atoms with Crippen molar-refractivity contribution in [3.05, 3.63) is 40.6 Å². The van der Waals surface area contributed by atoms with Crippen LogP contribution in [0, 0.1) is 24.2 Å². The van der Waals surface area contributed by atoms with Gasteiger partial charge in [0.2, 0.25) is 0 Å². The molecule has 0 spiro atoms. The number of aryl methyl sites for hydroxylation is 1. The number of hydrogen-bond donors (Lipinski definition) is 2. The molecule has 1 aromatic rings. The maximum absolute atomic E-state index is 12.4. The second-order valence-electron chi connectivity index (χ2n) is 5.68. The lowest BCUT2D eigenvalue weighted by Gasteiger charge is -2.29. The number of aliphatic carboxylic acids is 1. The van der Waals surface area contributed by atoms with Crippen molar-refractivity contribution < 1.29 is 14.7 Å². The van der Waals surface area contributed by atoms with Gasteiger partial charge in [-0.3, -0.25) is 9.59 Å². The number of carboxylic acid groups (broad SMARTS) is 1. The average Bonchev–Trinajstić information content (AvgIpc) is 2.57. The van der Waals surface area contributed by atoms with Crippen LogP contribution in [0.15, 0.2) is 30.0 Å². The third-order valence-electron chi connectivity index (χ3n) is 4.04. The Labute approximate surface area is 145 Å². The third-order valence-corrected chi connectivity index (χ3v) is 4.28. The number of piperidine rings is 1. The van der Waals surface area contributed by atoms with Crippen LogP contribution in [-0.4, -0.2) is 35.0 Å². The zero-order valence-corrected chi connectivity index (χ0v) is 14.0. The Morgan fingerprint density at radius 2 is 2.08 bits per heavy atom. The van der Waals surface area contributed by atoms with Gasteiger partial charge in [0.25, 0.3) is 5.91 Å². The van der Waals surface area contributed by atoms with E-state index in [1.165, 1.54) is 11.1 Å². The highest BCUT2D eigenvalue weighted by Gasteiger charge is 2.28. The summed E-state index contributed by atoms with van der Waals surface area (Å²) in [5.74, 6) is -1.64. The van der Waals surface area contributed by atoms with Crippen LogP contribution in [0.5, 0.6) is 0 Å². The molecule has 0 saturated carbocycles. The van der Waals surface area contributed by atoms with Gasteiger partial charge in [0, 0.05) is 30.0 Å². The number of amides is 1. The van der Waals surface area contributed by atoms with E-state index in [-0.39, 0.29) is 11.5 Å². The van der Waals surface area contributed by atoms with Gasteiger partial charge in [-0.25, -0.2) is 0 Å². The number of nitrogens with one attached hydrogen (secondary N) is 1. The van der Waals surface area contributed by atoms with E-state index >= 15 is 0 Å². The lowest BCUT2D eigenvalue weighted by atomic mass is 9.97. The summed E-state index contributed by atoms with van der Waals surface area (Å²) in [5, 5.41) is 21.8. The number of carboxylic acids is 1. The monoisotopic (exact) mass is 347 g/mol. The van der Waals surface area contributed by atoms with Crippen LogP contribution in [0.1, 0.15) is 18.4 Å². The highest BCUT2D eigenvalue weighted by molar-refractivity contribution is 6.30. The van der Waals surface area contributed by atoms with Crippen LogP contribution in [0.25, 0.3) is 0 Å². The zero-order chi connectivity index (χ0) is 17.7. The van der Waals surface area contributed by atoms with E-state index in [9.17, 15) is 14.9 Å². The van der Waals surface area contributed by atoms with Crippen molar-refractivity contribution in [1.29, 1.82) is 5.26 Å².